The highest BCUT2D eigenvalue weighted by Crippen LogP contribution is 2.41. The first-order valence-electron chi connectivity index (χ1n) is 8.66. The molecule has 4 aromatic rings. The summed E-state index contributed by atoms with van der Waals surface area (Å²) in [5.41, 5.74) is 1.84. The maximum Gasteiger partial charge on any atom is 0.231 e. The molecule has 0 radical (unpaired) electrons. The Balaban J connectivity index is 1.58. The van der Waals surface area contributed by atoms with Gasteiger partial charge in [-0.1, -0.05) is 11.6 Å². The van der Waals surface area contributed by atoms with Gasteiger partial charge in [-0.15, -0.1) is 11.8 Å². The summed E-state index contributed by atoms with van der Waals surface area (Å²) in [4.78, 5) is 20.9. The number of imidazole rings is 1. The number of nitrogens with one attached hydrogen (secondary N) is 2. The van der Waals surface area contributed by atoms with E-state index in [1.807, 2.05) is 0 Å². The summed E-state index contributed by atoms with van der Waals surface area (Å²) in [6.45, 7) is 0. The average Bonchev–Trinajstić information content (AvgIpc) is 3.08. The van der Waals surface area contributed by atoms with Crippen LogP contribution < -0.4 is 5.32 Å². The van der Waals surface area contributed by atoms with Crippen LogP contribution in [-0.2, 0) is 4.79 Å². The lowest BCUT2D eigenvalue weighted by Gasteiger charge is -2.10. The van der Waals surface area contributed by atoms with E-state index >= 15 is 0 Å². The number of thioether (sulfide) groups is 1. The molecular weight excluding hydrogens is 422 g/mol. The predicted octanol–water partition coefficient (Wildman–Crippen LogP) is 4.08. The highest BCUT2D eigenvalue weighted by atomic mass is 35.5. The lowest BCUT2D eigenvalue weighted by atomic mass is 10.1. The van der Waals surface area contributed by atoms with Crippen LogP contribution in [0.3, 0.4) is 0 Å². The van der Waals surface area contributed by atoms with Gasteiger partial charge in [0.1, 0.15) is 6.17 Å². The number of hydrogen-bond acceptors (Lipinski definition) is 5. The van der Waals surface area contributed by atoms with Crippen molar-refractivity contribution >= 4 is 51.6 Å². The first-order valence-corrected chi connectivity index (χ1v) is 10.3. The van der Waals surface area contributed by atoms with E-state index < -0.39 is 23.8 Å². The number of hydrogen-bond donors (Lipinski definition) is 2. The standard InChI is InChI=1S/C18H13ClF2N6OS/c1-29-17-15(21)14(19)13(8-3-23-26-16(8)17)10-5-27-6-11(24-12(27)4-22-10)25-18(28)7-2-9(7)20/h3-7,9H,2H2,1H3,(H,23,26)(H,25,28)/t7-,9+/m1/s1. The van der Waals surface area contributed by atoms with E-state index in [9.17, 15) is 13.6 Å². The first-order chi connectivity index (χ1) is 14.0. The SMILES string of the molecule is CSc1c(F)c(Cl)c(-c2cn3cc(NC(=O)[C@@H]4C[C@@H]4F)nc3cn2)c2cn[nH]c12. The molecule has 1 saturated carbocycles. The van der Waals surface area contributed by atoms with Gasteiger partial charge in [-0.3, -0.25) is 14.9 Å². The van der Waals surface area contributed by atoms with Crippen LogP contribution in [0.1, 0.15) is 6.42 Å². The fourth-order valence-corrected chi connectivity index (χ4v) is 4.26. The molecule has 2 N–H and O–H groups in total. The normalized spacial score (nSPS) is 18.5. The molecule has 2 atom stereocenters. The molecular formula is C18H13ClF2N6OS. The molecule has 1 aromatic carbocycles. The number of anilines is 1. The number of H-pyrrole nitrogens is 1. The number of aromatic amines is 1. The van der Waals surface area contributed by atoms with Crippen LogP contribution in [0.4, 0.5) is 14.6 Å². The van der Waals surface area contributed by atoms with E-state index in [0.29, 0.717) is 32.7 Å². The third-order valence-electron chi connectivity index (χ3n) is 4.85. The van der Waals surface area contributed by atoms with Gasteiger partial charge >= 0.3 is 0 Å². The molecule has 0 unspecified atom stereocenters. The highest BCUT2D eigenvalue weighted by molar-refractivity contribution is 7.98. The predicted molar refractivity (Wildman–Crippen MR) is 106 cm³/mol. The second-order valence-corrected chi connectivity index (χ2v) is 7.90. The number of rotatable bonds is 4. The molecule has 1 aliphatic carbocycles. The van der Waals surface area contributed by atoms with Crippen LogP contribution in [0.2, 0.25) is 5.02 Å². The zero-order valence-corrected chi connectivity index (χ0v) is 16.5. The molecule has 3 heterocycles. The van der Waals surface area contributed by atoms with E-state index in [1.54, 1.807) is 29.2 Å². The smallest absolute Gasteiger partial charge is 0.231 e. The van der Waals surface area contributed by atoms with Gasteiger partial charge < -0.3 is 9.72 Å². The van der Waals surface area contributed by atoms with Crippen molar-refractivity contribution < 1.29 is 13.6 Å². The Morgan fingerprint density at radius 1 is 1.41 bits per heavy atom. The van der Waals surface area contributed by atoms with Crippen LogP contribution in [0, 0.1) is 11.7 Å². The summed E-state index contributed by atoms with van der Waals surface area (Å²) in [5.74, 6) is -1.26. The lowest BCUT2D eigenvalue weighted by molar-refractivity contribution is -0.117. The van der Waals surface area contributed by atoms with Crippen LogP contribution in [-0.4, -0.2) is 42.9 Å². The monoisotopic (exact) mass is 434 g/mol. The molecule has 29 heavy (non-hydrogen) atoms. The zero-order chi connectivity index (χ0) is 20.3. The minimum absolute atomic E-state index is 0.0496. The molecule has 3 aromatic heterocycles. The molecule has 1 fully saturated rings. The second-order valence-electron chi connectivity index (χ2n) is 6.71. The Hall–Kier alpha value is -2.72. The number of aromatic nitrogens is 5. The van der Waals surface area contributed by atoms with Gasteiger partial charge in [-0.25, -0.2) is 13.8 Å². The van der Waals surface area contributed by atoms with Crippen LogP contribution in [0.15, 0.2) is 29.7 Å². The van der Waals surface area contributed by atoms with Crippen molar-refractivity contribution in [2.24, 2.45) is 5.92 Å². The van der Waals surface area contributed by atoms with Crippen LogP contribution >= 0.6 is 23.4 Å². The molecule has 1 aliphatic rings. The van der Waals surface area contributed by atoms with E-state index in [4.69, 9.17) is 11.6 Å². The summed E-state index contributed by atoms with van der Waals surface area (Å²) in [7, 11) is 0. The zero-order valence-electron chi connectivity index (χ0n) is 14.9. The summed E-state index contributed by atoms with van der Waals surface area (Å²) < 4.78 is 29.5. The van der Waals surface area contributed by atoms with Crippen molar-refractivity contribution in [2.75, 3.05) is 11.6 Å². The van der Waals surface area contributed by atoms with Crippen molar-refractivity contribution in [3.63, 3.8) is 0 Å². The van der Waals surface area contributed by atoms with Crippen molar-refractivity contribution in [3.05, 3.63) is 35.6 Å². The molecule has 11 heteroatoms. The molecule has 0 spiro atoms. The van der Waals surface area contributed by atoms with Gasteiger partial charge in [-0.2, -0.15) is 5.10 Å². The third-order valence-corrected chi connectivity index (χ3v) is 6.00. The maximum absolute atomic E-state index is 14.8. The molecule has 1 amide bonds. The van der Waals surface area contributed by atoms with Gasteiger partial charge in [-0.05, 0) is 12.7 Å². The van der Waals surface area contributed by atoms with Gasteiger partial charge in [0.2, 0.25) is 5.91 Å². The third kappa shape index (κ3) is 2.94. The molecule has 148 valence electrons. The van der Waals surface area contributed by atoms with E-state index in [1.165, 1.54) is 18.0 Å². The van der Waals surface area contributed by atoms with Gasteiger partial charge in [0.15, 0.2) is 17.3 Å². The maximum atomic E-state index is 14.8. The number of amides is 1. The van der Waals surface area contributed by atoms with Crippen LogP contribution in [0.5, 0.6) is 0 Å². The summed E-state index contributed by atoms with van der Waals surface area (Å²) in [6.07, 6.45) is 7.20. The Labute approximate surface area is 171 Å². The fraction of sp³-hybridized carbons (Fsp3) is 0.222. The number of halogens is 3. The summed E-state index contributed by atoms with van der Waals surface area (Å²) in [6, 6.07) is 0. The first kappa shape index (κ1) is 18.3. The minimum atomic E-state index is -1.08. The van der Waals surface area contributed by atoms with Crippen molar-refractivity contribution in [1.82, 2.24) is 24.6 Å². The van der Waals surface area contributed by atoms with Gasteiger partial charge in [0, 0.05) is 17.1 Å². The molecule has 0 aliphatic heterocycles. The topological polar surface area (TPSA) is 88.0 Å². The minimum Gasteiger partial charge on any atom is -0.309 e. The Morgan fingerprint density at radius 3 is 2.93 bits per heavy atom. The van der Waals surface area contributed by atoms with Crippen molar-refractivity contribution in [3.8, 4) is 11.3 Å². The number of nitrogens with zero attached hydrogens (tertiary/aromatic N) is 4. The molecule has 0 saturated heterocycles. The van der Waals surface area contributed by atoms with E-state index in [2.05, 4.69) is 25.5 Å². The molecule has 7 nitrogen and oxygen atoms in total. The number of fused-ring (bicyclic) bond motifs is 2. The average molecular weight is 435 g/mol. The summed E-state index contributed by atoms with van der Waals surface area (Å²) in [5, 5.41) is 10.0. The van der Waals surface area contributed by atoms with E-state index in [-0.39, 0.29) is 17.3 Å². The molecule has 0 bridgehead atoms. The van der Waals surface area contributed by atoms with Gasteiger partial charge in [0.05, 0.1) is 45.6 Å². The highest BCUT2D eigenvalue weighted by Gasteiger charge is 2.43. The number of benzene rings is 1. The van der Waals surface area contributed by atoms with Gasteiger partial charge in [0.25, 0.3) is 0 Å². The van der Waals surface area contributed by atoms with E-state index in [0.717, 1.165) is 0 Å². The number of carbonyl (C=O) groups excluding carboxylic acids is 1. The molecule has 5 rings (SSSR count). The van der Waals surface area contributed by atoms with Crippen molar-refractivity contribution in [1.29, 1.82) is 0 Å². The quantitative estimate of drug-likeness (QED) is 0.472. The largest absolute Gasteiger partial charge is 0.309 e. The second kappa shape index (κ2) is 6.67. The fourth-order valence-electron chi connectivity index (χ4n) is 3.27. The van der Waals surface area contributed by atoms with Crippen LogP contribution in [0.25, 0.3) is 27.8 Å². The Bertz CT molecular complexity index is 1290. The Morgan fingerprint density at radius 2 is 2.21 bits per heavy atom. The number of alkyl halides is 1. The summed E-state index contributed by atoms with van der Waals surface area (Å²) >= 11 is 7.57. The number of carbonyl (C=O) groups is 1. The Kier molecular flexibility index (Phi) is 4.21. The lowest BCUT2D eigenvalue weighted by Crippen LogP contribution is -2.15. The van der Waals surface area contributed by atoms with Crippen molar-refractivity contribution in [2.45, 2.75) is 17.5 Å².